The van der Waals surface area contributed by atoms with Crippen molar-refractivity contribution in [2.45, 2.75) is 43.7 Å². The number of esters is 1. The Balaban J connectivity index is 1.84. The molecule has 1 aromatic heterocycles. The van der Waals surface area contributed by atoms with Gasteiger partial charge in [-0.15, -0.1) is 11.8 Å². The molecule has 1 N–H and O–H groups in total. The number of hydrogen-bond acceptors (Lipinski definition) is 5. The predicted molar refractivity (Wildman–Crippen MR) is 85.9 cm³/mol. The molecule has 6 heteroatoms. The van der Waals surface area contributed by atoms with Gasteiger partial charge in [0.1, 0.15) is 5.03 Å². The van der Waals surface area contributed by atoms with Gasteiger partial charge >= 0.3 is 5.97 Å². The van der Waals surface area contributed by atoms with Crippen molar-refractivity contribution in [2.24, 2.45) is 5.92 Å². The highest BCUT2D eigenvalue weighted by Gasteiger charge is 2.23. The molecule has 0 unspecified atom stereocenters. The molecule has 0 radical (unpaired) electrons. The van der Waals surface area contributed by atoms with E-state index in [1.165, 1.54) is 18.2 Å². The van der Waals surface area contributed by atoms with E-state index in [1.54, 1.807) is 18.3 Å². The molecule has 0 bridgehead atoms. The van der Waals surface area contributed by atoms with Gasteiger partial charge in [0.15, 0.2) is 6.61 Å². The molecule has 5 nitrogen and oxygen atoms in total. The minimum Gasteiger partial charge on any atom is -0.452 e. The summed E-state index contributed by atoms with van der Waals surface area (Å²) >= 11 is 1.37. The summed E-state index contributed by atoms with van der Waals surface area (Å²) < 4.78 is 5.10. The summed E-state index contributed by atoms with van der Waals surface area (Å²) in [6.45, 7) is 1.90. The van der Waals surface area contributed by atoms with Crippen LogP contribution in [0.4, 0.5) is 0 Å². The van der Waals surface area contributed by atoms with Crippen molar-refractivity contribution in [1.82, 2.24) is 10.3 Å². The minimum atomic E-state index is -0.510. The number of carbonyl (C=O) groups excluding carboxylic acids is 2. The fourth-order valence-corrected chi connectivity index (χ4v) is 3.23. The average Bonchev–Trinajstić information content (AvgIpc) is 2.54. The van der Waals surface area contributed by atoms with Crippen molar-refractivity contribution in [1.29, 1.82) is 0 Å². The van der Waals surface area contributed by atoms with E-state index in [0.717, 1.165) is 19.3 Å². The molecule has 1 aliphatic rings. The molecule has 120 valence electrons. The molecule has 0 spiro atoms. The second kappa shape index (κ2) is 8.17. The summed E-state index contributed by atoms with van der Waals surface area (Å²) in [4.78, 5) is 28.1. The van der Waals surface area contributed by atoms with Crippen LogP contribution in [0.5, 0.6) is 0 Å². The number of rotatable bonds is 5. The van der Waals surface area contributed by atoms with Gasteiger partial charge in [-0.1, -0.05) is 19.8 Å². The lowest BCUT2D eigenvalue weighted by Crippen LogP contribution is -2.42. The Morgan fingerprint density at radius 2 is 2.18 bits per heavy atom. The minimum absolute atomic E-state index is 0.195. The van der Waals surface area contributed by atoms with Gasteiger partial charge in [-0.2, -0.15) is 0 Å². The molecular formula is C16H22N2O3S. The lowest BCUT2D eigenvalue weighted by molar-refractivity contribution is -0.125. The van der Waals surface area contributed by atoms with Gasteiger partial charge in [-0.3, -0.25) is 4.79 Å². The second-order valence-electron chi connectivity index (χ2n) is 5.57. The van der Waals surface area contributed by atoms with Crippen LogP contribution < -0.4 is 5.32 Å². The number of hydrogen-bond donors (Lipinski definition) is 1. The number of nitrogens with one attached hydrogen (secondary N) is 1. The monoisotopic (exact) mass is 322 g/mol. The van der Waals surface area contributed by atoms with Crippen molar-refractivity contribution in [3.8, 4) is 0 Å². The molecule has 1 saturated carbocycles. The number of thioether (sulfide) groups is 1. The van der Waals surface area contributed by atoms with Gasteiger partial charge in [-0.25, -0.2) is 9.78 Å². The zero-order valence-corrected chi connectivity index (χ0v) is 13.8. The Bertz CT molecular complexity index is 536. The molecule has 2 atom stereocenters. The largest absolute Gasteiger partial charge is 0.452 e. The molecular weight excluding hydrogens is 300 g/mol. The van der Waals surface area contributed by atoms with Crippen LogP contribution in [0.25, 0.3) is 0 Å². The van der Waals surface area contributed by atoms with Crippen molar-refractivity contribution >= 4 is 23.6 Å². The fraction of sp³-hybridized carbons (Fsp3) is 0.562. The Labute approximate surface area is 135 Å². The maximum Gasteiger partial charge on any atom is 0.341 e. The standard InChI is InChI=1S/C16H22N2O3S/c1-11-6-3-4-8-13(11)18-14(19)10-21-16(20)12-7-5-9-17-15(12)22-2/h5,7,9,11,13H,3-4,6,8,10H2,1-2H3,(H,18,19)/t11-,13+/m0/s1. The van der Waals surface area contributed by atoms with Crippen molar-refractivity contribution in [3.05, 3.63) is 23.9 Å². The van der Waals surface area contributed by atoms with Crippen LogP contribution in [0.2, 0.25) is 0 Å². The Morgan fingerprint density at radius 1 is 1.41 bits per heavy atom. The summed E-state index contributed by atoms with van der Waals surface area (Å²) in [5.41, 5.74) is 0.397. The van der Waals surface area contributed by atoms with Gasteiger partial charge in [0.05, 0.1) is 5.56 Å². The van der Waals surface area contributed by atoms with Crippen LogP contribution in [-0.2, 0) is 9.53 Å². The van der Waals surface area contributed by atoms with Crippen LogP contribution in [0, 0.1) is 5.92 Å². The summed E-state index contributed by atoms with van der Waals surface area (Å²) in [5.74, 6) is -0.263. The molecule has 1 fully saturated rings. The van der Waals surface area contributed by atoms with Crippen molar-refractivity contribution in [3.63, 3.8) is 0 Å². The molecule has 1 aromatic rings. The van der Waals surface area contributed by atoms with E-state index in [1.807, 2.05) is 6.26 Å². The topological polar surface area (TPSA) is 68.3 Å². The Kier molecular flexibility index (Phi) is 6.24. The SMILES string of the molecule is CSc1ncccc1C(=O)OCC(=O)N[C@@H]1CCCC[C@@H]1C. The summed E-state index contributed by atoms with van der Waals surface area (Å²) in [6, 6.07) is 3.53. The van der Waals surface area contributed by atoms with E-state index in [2.05, 4.69) is 17.2 Å². The van der Waals surface area contributed by atoms with Crippen molar-refractivity contribution in [2.75, 3.05) is 12.9 Å². The summed E-state index contributed by atoms with van der Waals surface area (Å²) in [5, 5.41) is 3.57. The zero-order valence-electron chi connectivity index (χ0n) is 13.0. The third kappa shape index (κ3) is 4.47. The maximum absolute atomic E-state index is 12.0. The number of pyridine rings is 1. The van der Waals surface area contributed by atoms with E-state index in [-0.39, 0.29) is 18.6 Å². The van der Waals surface area contributed by atoms with Gasteiger partial charge in [0.2, 0.25) is 0 Å². The van der Waals surface area contributed by atoms with Crippen molar-refractivity contribution < 1.29 is 14.3 Å². The summed E-state index contributed by atoms with van der Waals surface area (Å²) in [6.07, 6.45) is 7.97. The predicted octanol–water partition coefficient (Wildman–Crippen LogP) is 2.66. The highest BCUT2D eigenvalue weighted by molar-refractivity contribution is 7.98. The number of ether oxygens (including phenoxy) is 1. The van der Waals surface area contributed by atoms with Crippen LogP contribution in [0.1, 0.15) is 43.0 Å². The first-order valence-corrected chi connectivity index (χ1v) is 8.79. The number of aromatic nitrogens is 1. The van der Waals surface area contributed by atoms with Gasteiger partial charge in [-0.05, 0) is 37.1 Å². The van der Waals surface area contributed by atoms with Gasteiger partial charge < -0.3 is 10.1 Å². The molecule has 1 heterocycles. The molecule has 2 rings (SSSR count). The smallest absolute Gasteiger partial charge is 0.341 e. The van der Waals surface area contributed by atoms with E-state index in [4.69, 9.17) is 4.74 Å². The molecule has 1 aliphatic carbocycles. The quantitative estimate of drug-likeness (QED) is 0.667. The van der Waals surface area contributed by atoms with Crippen LogP contribution >= 0.6 is 11.8 Å². The Hall–Kier alpha value is -1.56. The van der Waals surface area contributed by atoms with Crippen LogP contribution in [0.15, 0.2) is 23.4 Å². The molecule has 0 aliphatic heterocycles. The average molecular weight is 322 g/mol. The molecule has 1 amide bonds. The van der Waals surface area contributed by atoms with Gasteiger partial charge in [0, 0.05) is 12.2 Å². The van der Waals surface area contributed by atoms with E-state index < -0.39 is 5.97 Å². The maximum atomic E-state index is 12.0. The molecule has 0 aromatic carbocycles. The van der Waals surface area contributed by atoms with Gasteiger partial charge in [0.25, 0.3) is 5.91 Å². The lowest BCUT2D eigenvalue weighted by Gasteiger charge is -2.29. The highest BCUT2D eigenvalue weighted by atomic mass is 32.2. The fourth-order valence-electron chi connectivity index (χ4n) is 2.70. The molecule has 0 saturated heterocycles. The molecule has 22 heavy (non-hydrogen) atoms. The number of amides is 1. The van der Waals surface area contributed by atoms with E-state index in [9.17, 15) is 9.59 Å². The number of nitrogens with zero attached hydrogens (tertiary/aromatic N) is 1. The third-order valence-corrected chi connectivity index (χ3v) is 4.69. The second-order valence-corrected chi connectivity index (χ2v) is 6.37. The number of carbonyl (C=O) groups is 2. The third-order valence-electron chi connectivity index (χ3n) is 3.98. The highest BCUT2D eigenvalue weighted by Crippen LogP contribution is 2.23. The first-order valence-electron chi connectivity index (χ1n) is 7.57. The van der Waals surface area contributed by atoms with Crippen LogP contribution in [-0.4, -0.2) is 35.8 Å². The Morgan fingerprint density at radius 3 is 2.91 bits per heavy atom. The van der Waals surface area contributed by atoms with Crippen LogP contribution in [0.3, 0.4) is 0 Å². The van der Waals surface area contributed by atoms with E-state index >= 15 is 0 Å². The summed E-state index contributed by atoms with van der Waals surface area (Å²) in [7, 11) is 0. The first-order chi connectivity index (χ1) is 10.6. The first kappa shape index (κ1) is 16.8. The van der Waals surface area contributed by atoms with E-state index in [0.29, 0.717) is 16.5 Å². The lowest BCUT2D eigenvalue weighted by atomic mass is 9.86. The normalized spacial score (nSPS) is 21.2. The zero-order chi connectivity index (χ0) is 15.9.